The Labute approximate surface area is 159 Å². The van der Waals surface area contributed by atoms with Gasteiger partial charge in [0.25, 0.3) is 0 Å². The summed E-state index contributed by atoms with van der Waals surface area (Å²) in [7, 11) is 1.73. The molecular weight excluding hydrogens is 344 g/mol. The van der Waals surface area contributed by atoms with Crippen molar-refractivity contribution in [1.29, 1.82) is 0 Å². The number of thiophene rings is 1. The van der Waals surface area contributed by atoms with Gasteiger partial charge in [0, 0.05) is 36.1 Å². The van der Waals surface area contributed by atoms with E-state index < -0.39 is 0 Å². The topological polar surface area (TPSA) is 56.7 Å². The Balaban J connectivity index is 1.53. The van der Waals surface area contributed by atoms with Gasteiger partial charge in [-0.3, -0.25) is 9.79 Å². The van der Waals surface area contributed by atoms with E-state index in [-0.39, 0.29) is 17.9 Å². The molecule has 0 bridgehead atoms. The van der Waals surface area contributed by atoms with E-state index in [0.29, 0.717) is 5.96 Å². The maximum atomic E-state index is 12.6. The second-order valence-corrected chi connectivity index (χ2v) is 8.01. The van der Waals surface area contributed by atoms with Crippen molar-refractivity contribution in [3.63, 3.8) is 0 Å². The average molecular weight is 371 g/mol. The second-order valence-electron chi connectivity index (χ2n) is 7.06. The molecule has 0 spiro atoms. The van der Waals surface area contributed by atoms with Gasteiger partial charge in [0.2, 0.25) is 5.91 Å². The summed E-state index contributed by atoms with van der Waals surface area (Å²) >= 11 is 1.76. The Morgan fingerprint density at radius 3 is 2.77 bits per heavy atom. The van der Waals surface area contributed by atoms with Crippen molar-refractivity contribution < 1.29 is 4.79 Å². The lowest BCUT2D eigenvalue weighted by Crippen LogP contribution is -2.47. The SMILES string of the molecule is CN=C(NCC(=O)N1CCc2ccccc21)NCC(C)(C)c1cccs1. The van der Waals surface area contributed by atoms with Crippen molar-refractivity contribution in [1.82, 2.24) is 10.6 Å². The van der Waals surface area contributed by atoms with Crippen LogP contribution in [-0.4, -0.2) is 38.5 Å². The normalized spacial score (nSPS) is 14.3. The van der Waals surface area contributed by atoms with Crippen LogP contribution in [0.3, 0.4) is 0 Å². The number of nitrogens with zero attached hydrogens (tertiary/aromatic N) is 2. The van der Waals surface area contributed by atoms with Crippen molar-refractivity contribution in [2.75, 3.05) is 31.6 Å². The smallest absolute Gasteiger partial charge is 0.246 e. The second kappa shape index (κ2) is 7.91. The van der Waals surface area contributed by atoms with Gasteiger partial charge in [-0.05, 0) is 29.5 Å². The van der Waals surface area contributed by atoms with Crippen molar-refractivity contribution in [3.05, 3.63) is 52.2 Å². The molecule has 2 heterocycles. The molecule has 5 nitrogen and oxygen atoms in total. The minimum Gasteiger partial charge on any atom is -0.356 e. The number of carbonyl (C=O) groups excluding carboxylic acids is 1. The third kappa shape index (κ3) is 4.07. The van der Waals surface area contributed by atoms with Gasteiger partial charge in [-0.15, -0.1) is 11.3 Å². The third-order valence-corrected chi connectivity index (χ3v) is 5.94. The van der Waals surface area contributed by atoms with Gasteiger partial charge in [0.15, 0.2) is 5.96 Å². The zero-order valence-electron chi connectivity index (χ0n) is 15.6. The molecule has 0 radical (unpaired) electrons. The third-order valence-electron chi connectivity index (χ3n) is 4.70. The predicted octanol–water partition coefficient (Wildman–Crippen LogP) is 2.78. The average Bonchev–Trinajstić information content (AvgIpc) is 3.31. The number of nitrogens with one attached hydrogen (secondary N) is 2. The monoisotopic (exact) mass is 370 g/mol. The van der Waals surface area contributed by atoms with Gasteiger partial charge in [-0.1, -0.05) is 38.1 Å². The number of rotatable bonds is 5. The molecule has 2 aromatic rings. The van der Waals surface area contributed by atoms with Gasteiger partial charge in [0.05, 0.1) is 6.54 Å². The van der Waals surface area contributed by atoms with Crippen molar-refractivity contribution in [2.24, 2.45) is 4.99 Å². The molecule has 0 aliphatic carbocycles. The quantitative estimate of drug-likeness (QED) is 0.629. The number of aliphatic imine (C=N–C) groups is 1. The highest BCUT2D eigenvalue weighted by atomic mass is 32.1. The van der Waals surface area contributed by atoms with Gasteiger partial charge in [0.1, 0.15) is 0 Å². The minimum atomic E-state index is 0.00366. The molecule has 1 aliphatic rings. The van der Waals surface area contributed by atoms with Gasteiger partial charge in [-0.25, -0.2) is 0 Å². The molecule has 0 saturated heterocycles. The molecule has 1 aliphatic heterocycles. The zero-order valence-corrected chi connectivity index (χ0v) is 16.4. The summed E-state index contributed by atoms with van der Waals surface area (Å²) in [5, 5.41) is 8.58. The highest BCUT2D eigenvalue weighted by Crippen LogP contribution is 2.27. The van der Waals surface area contributed by atoms with E-state index in [1.807, 2.05) is 23.1 Å². The summed E-state index contributed by atoms with van der Waals surface area (Å²) in [5.41, 5.74) is 2.27. The Bertz CT molecular complexity index is 783. The lowest BCUT2D eigenvalue weighted by Gasteiger charge is -2.25. The van der Waals surface area contributed by atoms with E-state index in [0.717, 1.165) is 25.2 Å². The van der Waals surface area contributed by atoms with Crippen molar-refractivity contribution in [3.8, 4) is 0 Å². The van der Waals surface area contributed by atoms with E-state index in [9.17, 15) is 4.79 Å². The number of guanidine groups is 1. The summed E-state index contributed by atoms with van der Waals surface area (Å²) in [4.78, 5) is 20.0. The predicted molar refractivity (Wildman–Crippen MR) is 109 cm³/mol. The first kappa shape index (κ1) is 18.5. The molecule has 0 fully saturated rings. The van der Waals surface area contributed by atoms with Crippen LogP contribution in [0.25, 0.3) is 0 Å². The Morgan fingerprint density at radius 2 is 2.04 bits per heavy atom. The van der Waals surface area contributed by atoms with Crippen LogP contribution in [0.2, 0.25) is 0 Å². The largest absolute Gasteiger partial charge is 0.356 e. The summed E-state index contributed by atoms with van der Waals surface area (Å²) in [6, 6.07) is 12.3. The van der Waals surface area contributed by atoms with Crippen LogP contribution in [0.15, 0.2) is 46.8 Å². The molecule has 1 aromatic carbocycles. The fourth-order valence-electron chi connectivity index (χ4n) is 3.13. The fraction of sp³-hybridized carbons (Fsp3) is 0.400. The van der Waals surface area contributed by atoms with Crippen LogP contribution in [0.1, 0.15) is 24.3 Å². The molecule has 0 atom stereocenters. The molecule has 1 amide bonds. The molecule has 2 N–H and O–H groups in total. The highest BCUT2D eigenvalue weighted by molar-refractivity contribution is 7.10. The maximum absolute atomic E-state index is 12.6. The lowest BCUT2D eigenvalue weighted by atomic mass is 9.91. The first-order valence-corrected chi connectivity index (χ1v) is 9.76. The highest BCUT2D eigenvalue weighted by Gasteiger charge is 2.25. The Hall–Kier alpha value is -2.34. The number of anilines is 1. The van der Waals surface area contributed by atoms with Crippen LogP contribution in [0.4, 0.5) is 5.69 Å². The summed E-state index contributed by atoms with van der Waals surface area (Å²) in [5.74, 6) is 0.714. The molecular formula is C20H26N4OS. The molecule has 0 saturated carbocycles. The van der Waals surface area contributed by atoms with Crippen LogP contribution in [0, 0.1) is 0 Å². The summed E-state index contributed by atoms with van der Waals surface area (Å²) in [6.07, 6.45) is 0.921. The summed E-state index contributed by atoms with van der Waals surface area (Å²) in [6.45, 7) is 6.12. The van der Waals surface area contributed by atoms with Crippen LogP contribution >= 0.6 is 11.3 Å². The number of amides is 1. The van der Waals surface area contributed by atoms with Gasteiger partial charge in [-0.2, -0.15) is 0 Å². The van der Waals surface area contributed by atoms with Crippen molar-refractivity contribution in [2.45, 2.75) is 25.7 Å². The van der Waals surface area contributed by atoms with Crippen LogP contribution in [0.5, 0.6) is 0 Å². The van der Waals surface area contributed by atoms with E-state index in [2.05, 4.69) is 53.1 Å². The molecule has 6 heteroatoms. The number of para-hydroxylation sites is 1. The number of benzene rings is 1. The Kier molecular flexibility index (Phi) is 5.61. The number of carbonyl (C=O) groups is 1. The first-order valence-electron chi connectivity index (χ1n) is 8.88. The first-order chi connectivity index (χ1) is 12.5. The fourth-order valence-corrected chi connectivity index (χ4v) is 3.98. The van der Waals surface area contributed by atoms with Gasteiger partial charge < -0.3 is 15.5 Å². The van der Waals surface area contributed by atoms with Gasteiger partial charge >= 0.3 is 0 Å². The Morgan fingerprint density at radius 1 is 1.23 bits per heavy atom. The minimum absolute atomic E-state index is 0.00366. The van der Waals surface area contributed by atoms with E-state index in [1.165, 1.54) is 10.4 Å². The molecule has 0 unspecified atom stereocenters. The maximum Gasteiger partial charge on any atom is 0.246 e. The molecule has 3 rings (SSSR count). The number of hydrogen-bond donors (Lipinski definition) is 2. The number of hydrogen-bond acceptors (Lipinski definition) is 3. The molecule has 138 valence electrons. The number of fused-ring (bicyclic) bond motifs is 1. The van der Waals surface area contributed by atoms with E-state index in [1.54, 1.807) is 18.4 Å². The summed E-state index contributed by atoms with van der Waals surface area (Å²) < 4.78 is 0. The zero-order chi connectivity index (χ0) is 18.6. The molecule has 26 heavy (non-hydrogen) atoms. The van der Waals surface area contributed by atoms with Crippen LogP contribution < -0.4 is 15.5 Å². The van der Waals surface area contributed by atoms with Crippen LogP contribution in [-0.2, 0) is 16.6 Å². The van der Waals surface area contributed by atoms with E-state index >= 15 is 0 Å². The van der Waals surface area contributed by atoms with E-state index in [4.69, 9.17) is 0 Å². The molecule has 1 aromatic heterocycles. The lowest BCUT2D eigenvalue weighted by molar-refractivity contribution is -0.117. The standard InChI is InChI=1S/C20H26N4OS/c1-20(2,17-9-6-12-26-17)14-23-19(21-3)22-13-18(25)24-11-10-15-7-4-5-8-16(15)24/h4-9,12H,10-11,13-14H2,1-3H3,(H2,21,22,23). The van der Waals surface area contributed by atoms with Crippen molar-refractivity contribution >= 4 is 28.9 Å².